The molecule has 3 heterocycles. The van der Waals surface area contributed by atoms with Crippen LogP contribution in [0.1, 0.15) is 54.9 Å². The average molecular weight is 396 g/mol. The van der Waals surface area contributed by atoms with E-state index >= 15 is 0 Å². The number of hydrogen-bond acceptors (Lipinski definition) is 5. The van der Waals surface area contributed by atoms with Crippen LogP contribution in [0.3, 0.4) is 0 Å². The highest BCUT2D eigenvalue weighted by atomic mass is 32.1. The van der Waals surface area contributed by atoms with Crippen LogP contribution in [-0.2, 0) is 11.2 Å². The van der Waals surface area contributed by atoms with Gasteiger partial charge in [-0.15, -0.1) is 11.3 Å². The van der Waals surface area contributed by atoms with E-state index in [0.717, 1.165) is 29.8 Å². The topological polar surface area (TPSA) is 59.2 Å². The van der Waals surface area contributed by atoms with Crippen molar-refractivity contribution in [3.05, 3.63) is 58.1 Å². The van der Waals surface area contributed by atoms with Crippen LogP contribution in [0.25, 0.3) is 11.4 Å². The average Bonchev–Trinajstić information content (AvgIpc) is 3.40. The number of nitrogens with zero attached hydrogens (tertiary/aromatic N) is 3. The predicted octanol–water partition coefficient (Wildman–Crippen LogP) is 4.87. The monoisotopic (exact) mass is 395 g/mol. The lowest BCUT2D eigenvalue weighted by Crippen LogP contribution is -2.39. The lowest BCUT2D eigenvalue weighted by atomic mass is 9.97. The van der Waals surface area contributed by atoms with Crippen LogP contribution in [0.15, 0.2) is 46.3 Å². The second-order valence-corrected chi connectivity index (χ2v) is 8.70. The molecule has 1 amide bonds. The Morgan fingerprint density at radius 3 is 2.82 bits per heavy atom. The smallest absolute Gasteiger partial charge is 0.231 e. The molecule has 1 aliphatic heterocycles. The van der Waals surface area contributed by atoms with Crippen molar-refractivity contribution in [3.63, 3.8) is 0 Å². The summed E-state index contributed by atoms with van der Waals surface area (Å²) in [5, 5.41) is 6.19. The van der Waals surface area contributed by atoms with Crippen LogP contribution in [0, 0.1) is 0 Å². The normalized spacial score (nSPS) is 17.2. The van der Waals surface area contributed by atoms with E-state index in [2.05, 4.69) is 36.1 Å². The minimum absolute atomic E-state index is 0.109. The van der Waals surface area contributed by atoms with Crippen molar-refractivity contribution in [2.75, 3.05) is 13.1 Å². The molecule has 2 aromatic heterocycles. The molecule has 5 nitrogen and oxygen atoms in total. The number of amides is 1. The number of benzene rings is 1. The summed E-state index contributed by atoms with van der Waals surface area (Å²) in [6, 6.07) is 12.3. The maximum Gasteiger partial charge on any atom is 0.231 e. The van der Waals surface area contributed by atoms with Crippen molar-refractivity contribution >= 4 is 17.2 Å². The van der Waals surface area contributed by atoms with E-state index in [1.807, 2.05) is 34.5 Å². The number of likely N-dealkylation sites (tertiary alicyclic amines) is 1. The van der Waals surface area contributed by atoms with Crippen LogP contribution in [0.4, 0.5) is 0 Å². The van der Waals surface area contributed by atoms with Crippen LogP contribution >= 0.6 is 11.3 Å². The van der Waals surface area contributed by atoms with E-state index in [1.54, 1.807) is 11.3 Å². The summed E-state index contributed by atoms with van der Waals surface area (Å²) < 4.78 is 5.57. The molecule has 0 unspecified atom stereocenters. The highest BCUT2D eigenvalue weighted by Crippen LogP contribution is 2.28. The fourth-order valence-electron chi connectivity index (χ4n) is 3.61. The molecule has 146 valence electrons. The Kier molecular flexibility index (Phi) is 5.57. The molecule has 1 aromatic carbocycles. The lowest BCUT2D eigenvalue weighted by molar-refractivity contribution is -0.131. The van der Waals surface area contributed by atoms with Crippen molar-refractivity contribution in [2.45, 2.75) is 44.9 Å². The zero-order chi connectivity index (χ0) is 19.5. The lowest BCUT2D eigenvalue weighted by Gasteiger charge is -2.31. The van der Waals surface area contributed by atoms with Crippen LogP contribution in [-0.4, -0.2) is 34.0 Å². The van der Waals surface area contributed by atoms with Gasteiger partial charge in [-0.3, -0.25) is 4.79 Å². The molecule has 0 saturated carbocycles. The highest BCUT2D eigenvalue weighted by Gasteiger charge is 2.28. The molecule has 28 heavy (non-hydrogen) atoms. The quantitative estimate of drug-likeness (QED) is 0.618. The van der Waals surface area contributed by atoms with Gasteiger partial charge >= 0.3 is 0 Å². The van der Waals surface area contributed by atoms with E-state index < -0.39 is 0 Å². The Morgan fingerprint density at radius 2 is 2.11 bits per heavy atom. The molecule has 0 bridgehead atoms. The summed E-state index contributed by atoms with van der Waals surface area (Å²) in [6.07, 6.45) is 2.40. The largest absolute Gasteiger partial charge is 0.342 e. The van der Waals surface area contributed by atoms with Gasteiger partial charge in [0.2, 0.25) is 17.6 Å². The number of carbonyl (C=O) groups is 1. The Labute approximate surface area is 169 Å². The zero-order valence-corrected chi connectivity index (χ0v) is 17.1. The Morgan fingerprint density at radius 1 is 1.29 bits per heavy atom. The van der Waals surface area contributed by atoms with Gasteiger partial charge in [0.1, 0.15) is 0 Å². The molecule has 0 aliphatic carbocycles. The molecule has 1 atom stereocenters. The fraction of sp³-hybridized carbons (Fsp3) is 0.409. The summed E-state index contributed by atoms with van der Waals surface area (Å²) in [7, 11) is 0. The fourth-order valence-corrected chi connectivity index (χ4v) is 4.31. The van der Waals surface area contributed by atoms with Gasteiger partial charge in [-0.1, -0.05) is 49.3 Å². The van der Waals surface area contributed by atoms with Crippen LogP contribution in [0.2, 0.25) is 0 Å². The minimum Gasteiger partial charge on any atom is -0.342 e. The Bertz CT molecular complexity index is 916. The first-order valence-corrected chi connectivity index (χ1v) is 10.7. The first-order valence-electron chi connectivity index (χ1n) is 9.84. The number of rotatable bonds is 5. The van der Waals surface area contributed by atoms with Crippen LogP contribution < -0.4 is 0 Å². The second kappa shape index (κ2) is 8.27. The van der Waals surface area contributed by atoms with Crippen molar-refractivity contribution in [3.8, 4) is 11.4 Å². The summed E-state index contributed by atoms with van der Waals surface area (Å²) in [5.74, 6) is 2.03. The molecule has 4 rings (SSSR count). The third-order valence-electron chi connectivity index (χ3n) is 5.31. The van der Waals surface area contributed by atoms with Gasteiger partial charge in [0, 0.05) is 23.5 Å². The highest BCUT2D eigenvalue weighted by molar-refractivity contribution is 7.10. The van der Waals surface area contributed by atoms with Crippen LogP contribution in [0.5, 0.6) is 0 Å². The summed E-state index contributed by atoms with van der Waals surface area (Å²) >= 11 is 1.63. The number of hydrogen-bond donors (Lipinski definition) is 0. The summed E-state index contributed by atoms with van der Waals surface area (Å²) in [5.41, 5.74) is 2.25. The number of piperidine rings is 1. The predicted molar refractivity (Wildman–Crippen MR) is 110 cm³/mol. The molecule has 0 radical (unpaired) electrons. The van der Waals surface area contributed by atoms with Gasteiger partial charge < -0.3 is 9.42 Å². The molecule has 1 saturated heterocycles. The third kappa shape index (κ3) is 4.17. The van der Waals surface area contributed by atoms with Gasteiger partial charge in [-0.2, -0.15) is 4.98 Å². The molecule has 1 fully saturated rings. The van der Waals surface area contributed by atoms with E-state index in [-0.39, 0.29) is 11.8 Å². The van der Waals surface area contributed by atoms with Gasteiger partial charge in [-0.25, -0.2) is 0 Å². The maximum atomic E-state index is 12.6. The van der Waals surface area contributed by atoms with Gasteiger partial charge in [0.05, 0.1) is 12.3 Å². The van der Waals surface area contributed by atoms with Gasteiger partial charge in [0.25, 0.3) is 0 Å². The first kappa shape index (κ1) is 18.9. The van der Waals surface area contributed by atoms with E-state index in [4.69, 9.17) is 4.52 Å². The molecule has 0 N–H and O–H groups in total. The van der Waals surface area contributed by atoms with Crippen molar-refractivity contribution < 1.29 is 9.32 Å². The summed E-state index contributed by atoms with van der Waals surface area (Å²) in [6.45, 7) is 5.81. The van der Waals surface area contributed by atoms with Gasteiger partial charge in [-0.05, 0) is 35.8 Å². The molecule has 0 spiro atoms. The molecular formula is C22H25N3O2S. The molecule has 6 heteroatoms. The maximum absolute atomic E-state index is 12.6. The molecular weight excluding hydrogens is 370 g/mol. The van der Waals surface area contributed by atoms with Crippen molar-refractivity contribution in [1.82, 2.24) is 15.0 Å². The molecule has 3 aromatic rings. The van der Waals surface area contributed by atoms with E-state index in [1.165, 1.54) is 5.56 Å². The van der Waals surface area contributed by atoms with Gasteiger partial charge in [0.15, 0.2) is 0 Å². The van der Waals surface area contributed by atoms with E-state index in [9.17, 15) is 4.79 Å². The minimum atomic E-state index is 0.109. The second-order valence-electron chi connectivity index (χ2n) is 7.67. The molecule has 1 aliphatic rings. The number of aromatic nitrogens is 2. The Balaban J connectivity index is 1.43. The van der Waals surface area contributed by atoms with E-state index in [0.29, 0.717) is 30.6 Å². The van der Waals surface area contributed by atoms with Crippen molar-refractivity contribution in [2.24, 2.45) is 0 Å². The number of carbonyl (C=O) groups excluding carboxylic acids is 1. The third-order valence-corrected chi connectivity index (χ3v) is 6.18. The SMILES string of the molecule is CC(C)c1ccc(-c2noc([C@H]3CCCN(C(=O)Cc4cccs4)C3)n2)cc1. The zero-order valence-electron chi connectivity index (χ0n) is 16.3. The first-order chi connectivity index (χ1) is 13.6. The summed E-state index contributed by atoms with van der Waals surface area (Å²) in [4.78, 5) is 20.3. The van der Waals surface area contributed by atoms with Crippen molar-refractivity contribution in [1.29, 1.82) is 0 Å². The number of thiophene rings is 1. The Hall–Kier alpha value is -2.47. The standard InChI is InChI=1S/C22H25N3O2S/c1-15(2)16-7-9-17(10-8-16)21-23-22(27-24-21)18-5-3-11-25(14-18)20(26)13-19-6-4-12-28-19/h4,6-10,12,15,18H,3,5,11,13-14H2,1-2H3/t18-/m0/s1.